The summed E-state index contributed by atoms with van der Waals surface area (Å²) < 4.78 is 0. The van der Waals surface area contributed by atoms with Crippen LogP contribution in [0.1, 0.15) is 66.2 Å². The molecule has 0 fully saturated rings. The third-order valence-electron chi connectivity index (χ3n) is 2.18. The lowest BCUT2D eigenvalue weighted by Gasteiger charge is -2.22. The monoisotopic (exact) mass is 248 g/mol. The van der Waals surface area contributed by atoms with Crippen molar-refractivity contribution in [1.29, 1.82) is 0 Å². The van der Waals surface area contributed by atoms with E-state index in [0.29, 0.717) is 13.2 Å². The van der Waals surface area contributed by atoms with Crippen LogP contribution in [0, 0.1) is 0 Å². The van der Waals surface area contributed by atoms with Crippen LogP contribution in [0.15, 0.2) is 0 Å². The molecule has 0 aromatic heterocycles. The van der Waals surface area contributed by atoms with Crippen LogP contribution < -0.4 is 0 Å². The molecule has 0 saturated heterocycles. The highest BCUT2D eigenvalue weighted by Crippen LogP contribution is 2.13. The summed E-state index contributed by atoms with van der Waals surface area (Å²) in [7, 11) is 0. The minimum Gasteiger partial charge on any atom is -0.234 e. The predicted molar refractivity (Wildman–Crippen MR) is 67.2 cm³/mol. The lowest BCUT2D eigenvalue weighted by Crippen LogP contribution is -2.29. The van der Waals surface area contributed by atoms with Crippen LogP contribution in [-0.2, 0) is 19.6 Å². The van der Waals surface area contributed by atoms with Gasteiger partial charge in [0.1, 0.15) is 0 Å². The first-order chi connectivity index (χ1) is 8.12. The maximum absolute atomic E-state index is 5.14. The molecule has 4 nitrogen and oxygen atoms in total. The smallest absolute Gasteiger partial charge is 0.228 e. The zero-order chi connectivity index (χ0) is 13.0. The Kier molecular flexibility index (Phi) is 10.9. The molecular formula is C13H28O4. The summed E-state index contributed by atoms with van der Waals surface area (Å²) in [6, 6.07) is 0. The molecule has 0 amide bonds. The lowest BCUT2D eigenvalue weighted by atomic mass is 10.3. The van der Waals surface area contributed by atoms with Gasteiger partial charge in [0.15, 0.2) is 0 Å². The van der Waals surface area contributed by atoms with Gasteiger partial charge in [-0.1, -0.05) is 39.5 Å². The molecule has 0 rings (SSSR count). The highest BCUT2D eigenvalue weighted by molar-refractivity contribution is 4.46. The van der Waals surface area contributed by atoms with E-state index in [1.807, 2.05) is 0 Å². The van der Waals surface area contributed by atoms with Gasteiger partial charge in [0, 0.05) is 0 Å². The summed E-state index contributed by atoms with van der Waals surface area (Å²) >= 11 is 0. The Hall–Kier alpha value is -0.160. The van der Waals surface area contributed by atoms with Gasteiger partial charge < -0.3 is 0 Å². The molecule has 0 atom stereocenters. The summed E-state index contributed by atoms with van der Waals surface area (Å²) in [6.07, 6.45) is 6.65. The molecule has 0 unspecified atom stereocenters. The zero-order valence-corrected chi connectivity index (χ0v) is 11.8. The zero-order valence-electron chi connectivity index (χ0n) is 11.8. The first-order valence-electron chi connectivity index (χ1n) is 6.73. The Balaban J connectivity index is 3.38. The van der Waals surface area contributed by atoms with E-state index >= 15 is 0 Å². The molecule has 0 aliphatic carbocycles. The highest BCUT2D eigenvalue weighted by Gasteiger charge is 2.22. The van der Waals surface area contributed by atoms with Crippen molar-refractivity contribution in [3.63, 3.8) is 0 Å². The van der Waals surface area contributed by atoms with Gasteiger partial charge >= 0.3 is 0 Å². The molecule has 0 spiro atoms. The molecule has 0 aromatic carbocycles. The second kappa shape index (κ2) is 11.0. The first-order valence-corrected chi connectivity index (χ1v) is 6.73. The lowest BCUT2D eigenvalue weighted by molar-refractivity contribution is -0.501. The van der Waals surface area contributed by atoms with E-state index in [1.165, 1.54) is 12.8 Å². The molecule has 0 radical (unpaired) electrons. The standard InChI is InChI=1S/C13H28O4/c1-5-7-9-11-14-16-13(3,4)17-15-12-10-8-6-2/h5-12H2,1-4H3. The van der Waals surface area contributed by atoms with Crippen LogP contribution in [0.4, 0.5) is 0 Å². The molecule has 0 aliphatic rings. The molecule has 0 heterocycles. The molecule has 0 aromatic rings. The van der Waals surface area contributed by atoms with Gasteiger partial charge in [-0.3, -0.25) is 0 Å². The van der Waals surface area contributed by atoms with Gasteiger partial charge in [-0.25, -0.2) is 9.78 Å². The molecule has 0 bridgehead atoms. The second-order valence-electron chi connectivity index (χ2n) is 4.62. The van der Waals surface area contributed by atoms with Crippen molar-refractivity contribution in [1.82, 2.24) is 0 Å². The van der Waals surface area contributed by atoms with Gasteiger partial charge in [0.05, 0.1) is 13.2 Å². The maximum atomic E-state index is 5.14. The van der Waals surface area contributed by atoms with Crippen molar-refractivity contribution in [2.75, 3.05) is 13.2 Å². The minimum absolute atomic E-state index is 0.594. The topological polar surface area (TPSA) is 36.9 Å². The van der Waals surface area contributed by atoms with E-state index in [4.69, 9.17) is 19.6 Å². The Bertz CT molecular complexity index is 143. The van der Waals surface area contributed by atoms with Crippen molar-refractivity contribution in [3.8, 4) is 0 Å². The van der Waals surface area contributed by atoms with Gasteiger partial charge in [-0.05, 0) is 26.7 Å². The second-order valence-corrected chi connectivity index (χ2v) is 4.62. The van der Waals surface area contributed by atoms with Crippen molar-refractivity contribution in [2.24, 2.45) is 0 Å². The average Bonchev–Trinajstić information content (AvgIpc) is 2.28. The fourth-order valence-corrected chi connectivity index (χ4v) is 1.20. The molecule has 17 heavy (non-hydrogen) atoms. The van der Waals surface area contributed by atoms with Crippen molar-refractivity contribution in [2.45, 2.75) is 72.0 Å². The summed E-state index contributed by atoms with van der Waals surface area (Å²) in [6.45, 7) is 9.03. The molecular weight excluding hydrogens is 220 g/mol. The van der Waals surface area contributed by atoms with Crippen LogP contribution in [0.25, 0.3) is 0 Å². The van der Waals surface area contributed by atoms with E-state index in [9.17, 15) is 0 Å². The summed E-state index contributed by atoms with van der Waals surface area (Å²) in [4.78, 5) is 20.4. The van der Waals surface area contributed by atoms with Crippen molar-refractivity contribution < 1.29 is 19.6 Å². The SMILES string of the molecule is CCCCCOOC(C)(C)OOCCCCC. The summed E-state index contributed by atoms with van der Waals surface area (Å²) in [5, 5.41) is 0. The van der Waals surface area contributed by atoms with E-state index in [0.717, 1.165) is 25.7 Å². The van der Waals surface area contributed by atoms with E-state index in [-0.39, 0.29) is 0 Å². The number of hydrogen-bond acceptors (Lipinski definition) is 4. The Labute approximate surface area is 105 Å². The molecule has 0 saturated carbocycles. The summed E-state index contributed by atoms with van der Waals surface area (Å²) in [5.41, 5.74) is 0. The van der Waals surface area contributed by atoms with Crippen molar-refractivity contribution >= 4 is 0 Å². The van der Waals surface area contributed by atoms with E-state index in [1.54, 1.807) is 13.8 Å². The largest absolute Gasteiger partial charge is 0.234 e. The fraction of sp³-hybridized carbons (Fsp3) is 1.00. The van der Waals surface area contributed by atoms with Crippen molar-refractivity contribution in [3.05, 3.63) is 0 Å². The van der Waals surface area contributed by atoms with E-state index in [2.05, 4.69) is 13.8 Å². The van der Waals surface area contributed by atoms with Crippen LogP contribution in [0.2, 0.25) is 0 Å². The van der Waals surface area contributed by atoms with Crippen LogP contribution in [0.3, 0.4) is 0 Å². The average molecular weight is 248 g/mol. The van der Waals surface area contributed by atoms with Crippen LogP contribution in [0.5, 0.6) is 0 Å². The van der Waals surface area contributed by atoms with Gasteiger partial charge in [-0.15, -0.1) is 0 Å². The molecule has 0 aliphatic heterocycles. The number of rotatable bonds is 12. The van der Waals surface area contributed by atoms with Crippen LogP contribution in [-0.4, -0.2) is 19.0 Å². The fourth-order valence-electron chi connectivity index (χ4n) is 1.20. The Morgan fingerprint density at radius 3 is 1.47 bits per heavy atom. The Morgan fingerprint density at radius 1 is 0.706 bits per heavy atom. The maximum Gasteiger partial charge on any atom is 0.228 e. The minimum atomic E-state index is -0.849. The van der Waals surface area contributed by atoms with Gasteiger partial charge in [0.25, 0.3) is 0 Å². The highest BCUT2D eigenvalue weighted by atomic mass is 17.3. The normalized spacial score (nSPS) is 12.0. The number of hydrogen-bond donors (Lipinski definition) is 0. The van der Waals surface area contributed by atoms with E-state index < -0.39 is 5.79 Å². The molecule has 104 valence electrons. The predicted octanol–water partition coefficient (Wildman–Crippen LogP) is 4.00. The molecule has 4 heteroatoms. The first kappa shape index (κ1) is 16.8. The third-order valence-corrected chi connectivity index (χ3v) is 2.18. The molecule has 0 N–H and O–H groups in total. The van der Waals surface area contributed by atoms with Gasteiger partial charge in [-0.2, -0.15) is 9.78 Å². The van der Waals surface area contributed by atoms with Gasteiger partial charge in [0.2, 0.25) is 5.79 Å². The third kappa shape index (κ3) is 12.1. The quantitative estimate of drug-likeness (QED) is 0.226. The van der Waals surface area contributed by atoms with Crippen LogP contribution >= 0.6 is 0 Å². The number of unbranched alkanes of at least 4 members (excludes halogenated alkanes) is 4. The Morgan fingerprint density at radius 2 is 1.12 bits per heavy atom. The summed E-state index contributed by atoms with van der Waals surface area (Å²) in [5.74, 6) is -0.849.